The van der Waals surface area contributed by atoms with E-state index in [2.05, 4.69) is 17.2 Å². The number of benzene rings is 2. The zero-order valence-electron chi connectivity index (χ0n) is 13.3. The first-order chi connectivity index (χ1) is 11.7. The number of alkyl carbamates (subject to hydrolysis) is 1. The molecule has 5 heteroatoms. The molecule has 0 aromatic heterocycles. The summed E-state index contributed by atoms with van der Waals surface area (Å²) in [5, 5.41) is 3.26. The van der Waals surface area contributed by atoms with Gasteiger partial charge in [-0.3, -0.25) is 0 Å². The minimum Gasteiger partial charge on any atom is -0.495 e. The van der Waals surface area contributed by atoms with Gasteiger partial charge in [-0.2, -0.15) is 0 Å². The van der Waals surface area contributed by atoms with Crippen molar-refractivity contribution in [3.63, 3.8) is 0 Å². The van der Waals surface area contributed by atoms with Crippen molar-refractivity contribution in [3.8, 4) is 17.6 Å². The first-order valence-corrected chi connectivity index (χ1v) is 7.84. The van der Waals surface area contributed by atoms with E-state index >= 15 is 0 Å². The van der Waals surface area contributed by atoms with Crippen LogP contribution in [-0.4, -0.2) is 19.7 Å². The fraction of sp³-hybridized carbons (Fsp3) is 0.211. The number of hydrogen-bond acceptors (Lipinski definition) is 3. The summed E-state index contributed by atoms with van der Waals surface area (Å²) in [4.78, 5) is 11.6. The molecule has 0 radical (unpaired) electrons. The second-order valence-corrected chi connectivity index (χ2v) is 5.32. The summed E-state index contributed by atoms with van der Waals surface area (Å²) >= 11 is 5.94. The Hall–Kier alpha value is -2.64. The summed E-state index contributed by atoms with van der Waals surface area (Å²) in [6.45, 7) is 0.654. The van der Waals surface area contributed by atoms with Crippen molar-refractivity contribution in [3.05, 3.63) is 64.7 Å². The SMILES string of the molecule is COc1ccc(Cl)cc1C#CCCNC(=O)OCc1ccccc1. The van der Waals surface area contributed by atoms with E-state index in [0.717, 1.165) is 11.1 Å². The number of methoxy groups -OCH3 is 1. The van der Waals surface area contributed by atoms with Crippen molar-refractivity contribution >= 4 is 17.7 Å². The molecule has 2 aromatic carbocycles. The molecule has 1 amide bonds. The van der Waals surface area contributed by atoms with E-state index < -0.39 is 6.09 Å². The predicted molar refractivity (Wildman–Crippen MR) is 94.1 cm³/mol. The maximum atomic E-state index is 11.6. The van der Waals surface area contributed by atoms with Gasteiger partial charge in [0.1, 0.15) is 12.4 Å². The number of halogens is 1. The van der Waals surface area contributed by atoms with Crippen LogP contribution in [0.3, 0.4) is 0 Å². The molecule has 0 saturated heterocycles. The first-order valence-electron chi connectivity index (χ1n) is 7.46. The summed E-state index contributed by atoms with van der Waals surface area (Å²) in [5.74, 6) is 6.63. The molecule has 0 aliphatic heterocycles. The molecule has 0 aliphatic carbocycles. The summed E-state index contributed by atoms with van der Waals surface area (Å²) < 4.78 is 10.3. The fourth-order valence-corrected chi connectivity index (χ4v) is 2.11. The van der Waals surface area contributed by atoms with Gasteiger partial charge in [0.25, 0.3) is 0 Å². The highest BCUT2D eigenvalue weighted by molar-refractivity contribution is 6.30. The fourth-order valence-electron chi connectivity index (χ4n) is 1.94. The third kappa shape index (κ3) is 5.86. The number of amides is 1. The molecule has 0 spiro atoms. The second-order valence-electron chi connectivity index (χ2n) is 4.88. The average Bonchev–Trinajstić information content (AvgIpc) is 2.61. The molecular formula is C19H18ClNO3. The third-order valence-electron chi connectivity index (χ3n) is 3.12. The van der Waals surface area contributed by atoms with Crippen molar-refractivity contribution in [1.82, 2.24) is 5.32 Å². The normalized spacial score (nSPS) is 9.58. The van der Waals surface area contributed by atoms with Gasteiger partial charge in [-0.15, -0.1) is 0 Å². The van der Waals surface area contributed by atoms with Gasteiger partial charge in [0.15, 0.2) is 0 Å². The van der Waals surface area contributed by atoms with Crippen molar-refractivity contribution in [2.45, 2.75) is 13.0 Å². The Bertz CT molecular complexity index is 735. The van der Waals surface area contributed by atoms with Crippen molar-refractivity contribution in [2.24, 2.45) is 0 Å². The number of nitrogens with one attached hydrogen (secondary N) is 1. The van der Waals surface area contributed by atoms with E-state index in [1.54, 1.807) is 25.3 Å². The van der Waals surface area contributed by atoms with E-state index in [-0.39, 0.29) is 6.61 Å². The highest BCUT2D eigenvalue weighted by atomic mass is 35.5. The summed E-state index contributed by atoms with van der Waals surface area (Å²) in [5.41, 5.74) is 1.66. The predicted octanol–water partition coefficient (Wildman–Crippen LogP) is 4.02. The number of carbonyl (C=O) groups excluding carboxylic acids is 1. The summed E-state index contributed by atoms with van der Waals surface area (Å²) in [7, 11) is 1.58. The van der Waals surface area contributed by atoms with Crippen LogP contribution in [-0.2, 0) is 11.3 Å². The van der Waals surface area contributed by atoms with Gasteiger partial charge in [-0.1, -0.05) is 53.8 Å². The monoisotopic (exact) mass is 343 g/mol. The molecule has 2 aromatic rings. The van der Waals surface area contributed by atoms with E-state index in [1.807, 2.05) is 30.3 Å². The maximum Gasteiger partial charge on any atom is 0.407 e. The molecule has 0 saturated carbocycles. The van der Waals surface area contributed by atoms with Gasteiger partial charge in [0, 0.05) is 18.0 Å². The van der Waals surface area contributed by atoms with Crippen LogP contribution < -0.4 is 10.1 Å². The van der Waals surface area contributed by atoms with E-state index in [9.17, 15) is 4.79 Å². The lowest BCUT2D eigenvalue weighted by atomic mass is 10.2. The van der Waals surface area contributed by atoms with Crippen LogP contribution in [0.1, 0.15) is 17.5 Å². The molecule has 2 rings (SSSR count). The van der Waals surface area contributed by atoms with Gasteiger partial charge in [0.2, 0.25) is 0 Å². The Morgan fingerprint density at radius 1 is 1.21 bits per heavy atom. The lowest BCUT2D eigenvalue weighted by Gasteiger charge is -2.05. The highest BCUT2D eigenvalue weighted by Crippen LogP contribution is 2.21. The van der Waals surface area contributed by atoms with Crippen LogP contribution in [0.15, 0.2) is 48.5 Å². The Labute approximate surface area is 146 Å². The molecule has 0 atom stereocenters. The Balaban J connectivity index is 1.73. The van der Waals surface area contributed by atoms with Crippen LogP contribution in [0.5, 0.6) is 5.75 Å². The largest absolute Gasteiger partial charge is 0.495 e. The second kappa shape index (κ2) is 9.49. The molecule has 1 N–H and O–H groups in total. The lowest BCUT2D eigenvalue weighted by molar-refractivity contribution is 0.140. The molecule has 0 heterocycles. The van der Waals surface area contributed by atoms with Crippen LogP contribution in [0.4, 0.5) is 4.79 Å². The van der Waals surface area contributed by atoms with E-state index in [4.69, 9.17) is 21.1 Å². The highest BCUT2D eigenvalue weighted by Gasteiger charge is 2.02. The van der Waals surface area contributed by atoms with Gasteiger partial charge in [-0.25, -0.2) is 4.79 Å². The molecular weight excluding hydrogens is 326 g/mol. The Morgan fingerprint density at radius 2 is 2.00 bits per heavy atom. The number of rotatable bonds is 5. The zero-order chi connectivity index (χ0) is 17.2. The first kappa shape index (κ1) is 17.7. The van der Waals surface area contributed by atoms with Crippen LogP contribution in [0.25, 0.3) is 0 Å². The Kier molecular flexibility index (Phi) is 7.00. The lowest BCUT2D eigenvalue weighted by Crippen LogP contribution is -2.24. The van der Waals surface area contributed by atoms with E-state index in [1.165, 1.54) is 0 Å². The molecule has 0 fully saturated rings. The topological polar surface area (TPSA) is 47.6 Å². The summed E-state index contributed by atoms with van der Waals surface area (Å²) in [6.07, 6.45) is 0.0387. The van der Waals surface area contributed by atoms with Crippen LogP contribution >= 0.6 is 11.6 Å². The van der Waals surface area contributed by atoms with Crippen molar-refractivity contribution in [2.75, 3.05) is 13.7 Å². The van der Waals surface area contributed by atoms with Gasteiger partial charge < -0.3 is 14.8 Å². The molecule has 4 nitrogen and oxygen atoms in total. The van der Waals surface area contributed by atoms with Gasteiger partial charge in [0.05, 0.1) is 12.7 Å². The third-order valence-corrected chi connectivity index (χ3v) is 3.35. The average molecular weight is 344 g/mol. The number of ether oxygens (including phenoxy) is 2. The minimum atomic E-state index is -0.457. The van der Waals surface area contributed by atoms with Gasteiger partial charge in [-0.05, 0) is 23.8 Å². The minimum absolute atomic E-state index is 0.248. The molecule has 24 heavy (non-hydrogen) atoms. The quantitative estimate of drug-likeness (QED) is 0.659. The van der Waals surface area contributed by atoms with Crippen molar-refractivity contribution < 1.29 is 14.3 Å². The van der Waals surface area contributed by atoms with Crippen molar-refractivity contribution in [1.29, 1.82) is 0 Å². The number of hydrogen-bond donors (Lipinski definition) is 1. The van der Waals surface area contributed by atoms with E-state index in [0.29, 0.717) is 23.7 Å². The summed E-state index contributed by atoms with van der Waals surface area (Å²) in [6, 6.07) is 14.8. The van der Waals surface area contributed by atoms with Crippen LogP contribution in [0, 0.1) is 11.8 Å². The molecule has 0 unspecified atom stereocenters. The maximum absolute atomic E-state index is 11.6. The zero-order valence-corrected chi connectivity index (χ0v) is 14.1. The smallest absolute Gasteiger partial charge is 0.407 e. The van der Waals surface area contributed by atoms with Crippen LogP contribution in [0.2, 0.25) is 5.02 Å². The molecule has 124 valence electrons. The Morgan fingerprint density at radius 3 is 2.75 bits per heavy atom. The molecule has 0 aliphatic rings. The molecule has 0 bridgehead atoms. The number of carbonyl (C=O) groups is 1. The van der Waals surface area contributed by atoms with Gasteiger partial charge >= 0.3 is 6.09 Å². The standard InChI is InChI=1S/C19H18ClNO3/c1-23-18-11-10-17(20)13-16(18)9-5-6-12-21-19(22)24-14-15-7-3-2-4-8-15/h2-4,7-8,10-11,13H,6,12,14H2,1H3,(H,21,22).